The van der Waals surface area contributed by atoms with Gasteiger partial charge >= 0.3 is 0 Å². The summed E-state index contributed by atoms with van der Waals surface area (Å²) in [5.74, 6) is 0.368. The van der Waals surface area contributed by atoms with Gasteiger partial charge in [-0.05, 0) is 33.1 Å². The van der Waals surface area contributed by atoms with Gasteiger partial charge in [0.25, 0.3) is 0 Å². The molecule has 0 radical (unpaired) electrons. The molecule has 0 bridgehead atoms. The van der Waals surface area contributed by atoms with Crippen LogP contribution in [-0.4, -0.2) is 47.4 Å². The van der Waals surface area contributed by atoms with E-state index in [0.717, 1.165) is 45.4 Å². The lowest BCUT2D eigenvalue weighted by atomic mass is 9.81. The van der Waals surface area contributed by atoms with Gasteiger partial charge in [-0.1, -0.05) is 19.8 Å². The Morgan fingerprint density at radius 1 is 1.20 bits per heavy atom. The van der Waals surface area contributed by atoms with Crippen molar-refractivity contribution >= 4 is 5.91 Å². The van der Waals surface area contributed by atoms with E-state index in [2.05, 4.69) is 17.9 Å². The Balaban J connectivity index is 1.97. The van der Waals surface area contributed by atoms with Gasteiger partial charge in [-0.25, -0.2) is 0 Å². The maximum absolute atomic E-state index is 12.8. The Bertz CT molecular complexity index is 396. The fraction of sp³-hybridized carbons (Fsp3) is 0.875. The first-order chi connectivity index (χ1) is 9.45. The molecule has 0 aromatic carbocycles. The Morgan fingerprint density at radius 3 is 2.20 bits per heavy atom. The van der Waals surface area contributed by atoms with Crippen molar-refractivity contribution in [1.82, 2.24) is 9.80 Å². The van der Waals surface area contributed by atoms with Crippen molar-refractivity contribution in [3.05, 3.63) is 0 Å². The standard InChI is InChI=1S/C16H27N3O/c1-4-16(7-5-6-8-16)14(20)18-9-11-19(12-10-18)15(2,3)13-17/h4-12H2,1-3H3. The van der Waals surface area contributed by atoms with Crippen molar-refractivity contribution in [2.45, 2.75) is 58.4 Å². The van der Waals surface area contributed by atoms with Crippen molar-refractivity contribution < 1.29 is 4.79 Å². The summed E-state index contributed by atoms with van der Waals surface area (Å²) in [6, 6.07) is 2.35. The van der Waals surface area contributed by atoms with Gasteiger partial charge in [-0.3, -0.25) is 9.69 Å². The van der Waals surface area contributed by atoms with E-state index in [4.69, 9.17) is 0 Å². The maximum atomic E-state index is 12.8. The highest BCUT2D eigenvalue weighted by molar-refractivity contribution is 5.83. The molecule has 20 heavy (non-hydrogen) atoms. The molecule has 2 fully saturated rings. The molecule has 112 valence electrons. The van der Waals surface area contributed by atoms with Crippen LogP contribution < -0.4 is 0 Å². The monoisotopic (exact) mass is 277 g/mol. The Hall–Kier alpha value is -1.08. The molecule has 1 saturated carbocycles. The molecule has 4 nitrogen and oxygen atoms in total. The minimum Gasteiger partial charge on any atom is -0.340 e. The van der Waals surface area contributed by atoms with Crippen LogP contribution in [0.5, 0.6) is 0 Å². The summed E-state index contributed by atoms with van der Waals surface area (Å²) in [7, 11) is 0. The van der Waals surface area contributed by atoms with E-state index >= 15 is 0 Å². The molecule has 2 aliphatic rings. The Kier molecular flexibility index (Phi) is 4.39. The Labute approximate surface area is 122 Å². The number of piperazine rings is 1. The van der Waals surface area contributed by atoms with Crippen molar-refractivity contribution in [3.8, 4) is 6.07 Å². The highest BCUT2D eigenvalue weighted by Gasteiger charge is 2.43. The number of nitriles is 1. The third-order valence-corrected chi connectivity index (χ3v) is 5.32. The molecule has 0 aromatic rings. The molecule has 1 aliphatic carbocycles. The molecule has 0 atom stereocenters. The number of hydrogen-bond acceptors (Lipinski definition) is 3. The number of carbonyl (C=O) groups excluding carboxylic acids is 1. The van der Waals surface area contributed by atoms with Gasteiger partial charge in [0.05, 0.1) is 6.07 Å². The number of hydrogen-bond donors (Lipinski definition) is 0. The highest BCUT2D eigenvalue weighted by atomic mass is 16.2. The molecule has 1 heterocycles. The van der Waals surface area contributed by atoms with Crippen LogP contribution in [0.15, 0.2) is 0 Å². The second-order valence-corrected chi connectivity index (χ2v) is 6.79. The predicted octanol–water partition coefficient (Wildman–Crippen LogP) is 2.40. The van der Waals surface area contributed by atoms with Crippen LogP contribution in [0.3, 0.4) is 0 Å². The average molecular weight is 277 g/mol. The first-order valence-electron chi connectivity index (χ1n) is 7.91. The number of amides is 1. The molecular formula is C16H27N3O. The minimum absolute atomic E-state index is 0.0765. The molecule has 2 rings (SSSR count). The lowest BCUT2D eigenvalue weighted by Crippen LogP contribution is -2.57. The lowest BCUT2D eigenvalue weighted by Gasteiger charge is -2.43. The molecule has 1 aliphatic heterocycles. The zero-order chi connectivity index (χ0) is 14.8. The van der Waals surface area contributed by atoms with Crippen molar-refractivity contribution in [1.29, 1.82) is 5.26 Å². The molecule has 4 heteroatoms. The fourth-order valence-electron chi connectivity index (χ4n) is 3.65. The summed E-state index contributed by atoms with van der Waals surface area (Å²) in [5.41, 5.74) is -0.502. The zero-order valence-electron chi connectivity index (χ0n) is 13.1. The molecular weight excluding hydrogens is 250 g/mol. The van der Waals surface area contributed by atoms with Crippen LogP contribution in [0, 0.1) is 16.7 Å². The summed E-state index contributed by atoms with van der Waals surface area (Å²) in [6.45, 7) is 9.22. The SMILES string of the molecule is CCC1(C(=O)N2CCN(C(C)(C)C#N)CC2)CCCC1. The van der Waals surface area contributed by atoms with E-state index in [1.807, 2.05) is 18.7 Å². The van der Waals surface area contributed by atoms with Gasteiger partial charge in [0, 0.05) is 31.6 Å². The summed E-state index contributed by atoms with van der Waals surface area (Å²) in [6.07, 6.45) is 5.48. The van der Waals surface area contributed by atoms with Gasteiger partial charge in [-0.15, -0.1) is 0 Å². The van der Waals surface area contributed by atoms with Crippen LogP contribution in [-0.2, 0) is 4.79 Å². The normalized spacial score (nSPS) is 23.6. The van der Waals surface area contributed by atoms with Gasteiger partial charge < -0.3 is 4.90 Å². The van der Waals surface area contributed by atoms with E-state index in [9.17, 15) is 10.1 Å². The first kappa shape index (κ1) is 15.3. The van der Waals surface area contributed by atoms with E-state index in [1.165, 1.54) is 12.8 Å². The summed E-state index contributed by atoms with van der Waals surface area (Å²) in [5, 5.41) is 9.20. The van der Waals surface area contributed by atoms with E-state index in [0.29, 0.717) is 5.91 Å². The molecule has 0 N–H and O–H groups in total. The third-order valence-electron chi connectivity index (χ3n) is 5.32. The predicted molar refractivity (Wildman–Crippen MR) is 79.0 cm³/mol. The highest BCUT2D eigenvalue weighted by Crippen LogP contribution is 2.42. The van der Waals surface area contributed by atoms with Crippen LogP contribution >= 0.6 is 0 Å². The smallest absolute Gasteiger partial charge is 0.228 e. The minimum atomic E-state index is -0.426. The summed E-state index contributed by atoms with van der Waals surface area (Å²) >= 11 is 0. The number of rotatable bonds is 3. The van der Waals surface area contributed by atoms with Gasteiger partial charge in [0.1, 0.15) is 5.54 Å². The van der Waals surface area contributed by atoms with E-state index < -0.39 is 5.54 Å². The number of carbonyl (C=O) groups is 1. The van der Waals surface area contributed by atoms with Crippen molar-refractivity contribution in [2.75, 3.05) is 26.2 Å². The van der Waals surface area contributed by atoms with Crippen LogP contribution in [0.1, 0.15) is 52.9 Å². The lowest BCUT2D eigenvalue weighted by molar-refractivity contribution is -0.144. The van der Waals surface area contributed by atoms with Crippen LogP contribution in [0.4, 0.5) is 0 Å². The molecule has 1 amide bonds. The van der Waals surface area contributed by atoms with Crippen molar-refractivity contribution in [2.24, 2.45) is 5.41 Å². The zero-order valence-corrected chi connectivity index (χ0v) is 13.1. The van der Waals surface area contributed by atoms with Crippen molar-refractivity contribution in [3.63, 3.8) is 0 Å². The van der Waals surface area contributed by atoms with E-state index in [-0.39, 0.29) is 5.41 Å². The second-order valence-electron chi connectivity index (χ2n) is 6.79. The third kappa shape index (κ3) is 2.69. The summed E-state index contributed by atoms with van der Waals surface area (Å²) in [4.78, 5) is 17.0. The van der Waals surface area contributed by atoms with Gasteiger partial charge in [0.15, 0.2) is 0 Å². The second kappa shape index (κ2) is 5.73. The molecule has 0 spiro atoms. The topological polar surface area (TPSA) is 47.3 Å². The van der Waals surface area contributed by atoms with Gasteiger partial charge in [0.2, 0.25) is 5.91 Å². The first-order valence-corrected chi connectivity index (χ1v) is 7.91. The number of nitrogens with zero attached hydrogens (tertiary/aromatic N) is 3. The molecule has 0 unspecified atom stereocenters. The average Bonchev–Trinajstić information content (AvgIpc) is 2.96. The quantitative estimate of drug-likeness (QED) is 0.796. The van der Waals surface area contributed by atoms with Crippen LogP contribution in [0.25, 0.3) is 0 Å². The summed E-state index contributed by atoms with van der Waals surface area (Å²) < 4.78 is 0. The molecule has 1 saturated heterocycles. The van der Waals surface area contributed by atoms with Gasteiger partial charge in [-0.2, -0.15) is 5.26 Å². The maximum Gasteiger partial charge on any atom is 0.228 e. The fourth-order valence-corrected chi connectivity index (χ4v) is 3.65. The van der Waals surface area contributed by atoms with Crippen LogP contribution in [0.2, 0.25) is 0 Å². The Morgan fingerprint density at radius 2 is 1.75 bits per heavy atom. The largest absolute Gasteiger partial charge is 0.340 e. The van der Waals surface area contributed by atoms with E-state index in [1.54, 1.807) is 0 Å². The molecule has 0 aromatic heterocycles.